The molecule has 0 aliphatic heterocycles. The lowest BCUT2D eigenvalue weighted by molar-refractivity contribution is -0.141. The Kier molecular flexibility index (Phi) is 5.73. The van der Waals surface area contributed by atoms with Crippen LogP contribution in [0.3, 0.4) is 0 Å². The Morgan fingerprint density at radius 2 is 1.91 bits per heavy atom. The van der Waals surface area contributed by atoms with Crippen molar-refractivity contribution in [2.75, 3.05) is 0 Å². The third kappa shape index (κ3) is 5.09. The van der Waals surface area contributed by atoms with E-state index in [1.807, 2.05) is 30.3 Å². The van der Waals surface area contributed by atoms with Gasteiger partial charge in [0.25, 0.3) is 0 Å². The van der Waals surface area contributed by atoms with Crippen LogP contribution in [0.4, 0.5) is 0 Å². The predicted octanol–water partition coefficient (Wildman–Crippen LogP) is 1.62. The molecule has 0 aromatic heterocycles. The SMILES string of the molecule is CC(=O)NC(CC(=O)N[C@@H]1CC[C@H](C(=O)O)C1)c1ccccc1. The summed E-state index contributed by atoms with van der Waals surface area (Å²) in [5.41, 5.74) is 0.868. The Bertz CT molecular complexity index is 573. The Morgan fingerprint density at radius 1 is 1.22 bits per heavy atom. The van der Waals surface area contributed by atoms with Crippen molar-refractivity contribution in [3.8, 4) is 0 Å². The summed E-state index contributed by atoms with van der Waals surface area (Å²) in [6.07, 6.45) is 1.88. The van der Waals surface area contributed by atoms with Gasteiger partial charge in [0.1, 0.15) is 0 Å². The molecule has 3 atom stereocenters. The molecular formula is C17H22N2O4. The van der Waals surface area contributed by atoms with E-state index >= 15 is 0 Å². The van der Waals surface area contributed by atoms with Crippen LogP contribution >= 0.6 is 0 Å². The summed E-state index contributed by atoms with van der Waals surface area (Å²) >= 11 is 0. The predicted molar refractivity (Wildman–Crippen MR) is 84.5 cm³/mol. The highest BCUT2D eigenvalue weighted by atomic mass is 16.4. The monoisotopic (exact) mass is 318 g/mol. The maximum absolute atomic E-state index is 12.2. The van der Waals surface area contributed by atoms with E-state index in [-0.39, 0.29) is 36.2 Å². The van der Waals surface area contributed by atoms with Crippen LogP contribution in [0, 0.1) is 5.92 Å². The minimum Gasteiger partial charge on any atom is -0.481 e. The minimum atomic E-state index is -0.804. The molecule has 1 unspecified atom stereocenters. The van der Waals surface area contributed by atoms with E-state index in [4.69, 9.17) is 5.11 Å². The number of rotatable bonds is 6. The molecule has 1 aliphatic rings. The van der Waals surface area contributed by atoms with Crippen molar-refractivity contribution in [1.29, 1.82) is 0 Å². The van der Waals surface area contributed by atoms with Gasteiger partial charge in [0.15, 0.2) is 0 Å². The number of carboxylic acid groups (broad SMARTS) is 1. The summed E-state index contributed by atoms with van der Waals surface area (Å²) in [5, 5.41) is 14.7. The fraction of sp³-hybridized carbons (Fsp3) is 0.471. The molecule has 1 aromatic rings. The number of nitrogens with one attached hydrogen (secondary N) is 2. The fourth-order valence-corrected chi connectivity index (χ4v) is 2.99. The lowest BCUT2D eigenvalue weighted by Crippen LogP contribution is -2.37. The standard InChI is InChI=1S/C17H22N2O4/c1-11(20)18-15(12-5-3-2-4-6-12)10-16(21)19-14-8-7-13(9-14)17(22)23/h2-6,13-15H,7-10H2,1H3,(H,18,20)(H,19,21)(H,22,23)/t13-,14+,15?/m0/s1. The molecule has 124 valence electrons. The first-order chi connectivity index (χ1) is 11.0. The highest BCUT2D eigenvalue weighted by Gasteiger charge is 2.31. The molecular weight excluding hydrogens is 296 g/mol. The quantitative estimate of drug-likeness (QED) is 0.743. The first-order valence-electron chi connectivity index (χ1n) is 7.80. The van der Waals surface area contributed by atoms with Crippen molar-refractivity contribution in [1.82, 2.24) is 10.6 Å². The van der Waals surface area contributed by atoms with E-state index in [0.717, 1.165) is 5.56 Å². The molecule has 6 nitrogen and oxygen atoms in total. The molecule has 6 heteroatoms. The lowest BCUT2D eigenvalue weighted by atomic mass is 10.0. The minimum absolute atomic E-state index is 0.0997. The highest BCUT2D eigenvalue weighted by molar-refractivity contribution is 5.79. The molecule has 1 fully saturated rings. The molecule has 23 heavy (non-hydrogen) atoms. The second-order valence-electron chi connectivity index (χ2n) is 5.98. The first-order valence-corrected chi connectivity index (χ1v) is 7.80. The summed E-state index contributed by atoms with van der Waals surface area (Å²) in [6.45, 7) is 1.42. The van der Waals surface area contributed by atoms with Gasteiger partial charge < -0.3 is 15.7 Å². The average Bonchev–Trinajstić information content (AvgIpc) is 2.95. The summed E-state index contributed by atoms with van der Waals surface area (Å²) in [7, 11) is 0. The lowest BCUT2D eigenvalue weighted by Gasteiger charge is -2.20. The van der Waals surface area contributed by atoms with Crippen molar-refractivity contribution in [3.05, 3.63) is 35.9 Å². The molecule has 0 bridgehead atoms. The number of benzene rings is 1. The van der Waals surface area contributed by atoms with Crippen molar-refractivity contribution in [3.63, 3.8) is 0 Å². The van der Waals surface area contributed by atoms with Gasteiger partial charge in [0.2, 0.25) is 11.8 Å². The van der Waals surface area contributed by atoms with Crippen LogP contribution in [0.5, 0.6) is 0 Å². The summed E-state index contributed by atoms with van der Waals surface area (Å²) in [5.74, 6) is -1.55. The summed E-state index contributed by atoms with van der Waals surface area (Å²) < 4.78 is 0. The second-order valence-corrected chi connectivity index (χ2v) is 5.98. The number of carboxylic acids is 1. The van der Waals surface area contributed by atoms with Gasteiger partial charge >= 0.3 is 5.97 Å². The Morgan fingerprint density at radius 3 is 2.48 bits per heavy atom. The topological polar surface area (TPSA) is 95.5 Å². The molecule has 0 radical (unpaired) electrons. The zero-order valence-corrected chi connectivity index (χ0v) is 13.1. The molecule has 3 N–H and O–H groups in total. The van der Waals surface area contributed by atoms with Crippen LogP contribution in [0.25, 0.3) is 0 Å². The van der Waals surface area contributed by atoms with E-state index in [2.05, 4.69) is 10.6 Å². The van der Waals surface area contributed by atoms with Crippen molar-refractivity contribution in [2.45, 2.75) is 44.7 Å². The van der Waals surface area contributed by atoms with Crippen molar-refractivity contribution >= 4 is 17.8 Å². The second kappa shape index (κ2) is 7.76. The van der Waals surface area contributed by atoms with Crippen molar-refractivity contribution in [2.24, 2.45) is 5.92 Å². The van der Waals surface area contributed by atoms with Gasteiger partial charge in [-0.15, -0.1) is 0 Å². The molecule has 2 rings (SSSR count). The number of carbonyl (C=O) groups is 3. The maximum atomic E-state index is 12.2. The van der Waals surface area contributed by atoms with Crippen molar-refractivity contribution < 1.29 is 19.5 Å². The Labute approximate surface area is 135 Å². The molecule has 0 saturated heterocycles. The Balaban J connectivity index is 1.93. The van der Waals surface area contributed by atoms with Gasteiger partial charge in [-0.3, -0.25) is 14.4 Å². The van der Waals surface area contributed by atoms with E-state index in [1.54, 1.807) is 0 Å². The van der Waals surface area contributed by atoms with Crippen LogP contribution in [0.15, 0.2) is 30.3 Å². The third-order valence-electron chi connectivity index (χ3n) is 4.12. The van der Waals surface area contributed by atoms with Gasteiger partial charge in [0, 0.05) is 13.0 Å². The van der Waals surface area contributed by atoms with Crippen LogP contribution < -0.4 is 10.6 Å². The van der Waals surface area contributed by atoms with Gasteiger partial charge in [-0.25, -0.2) is 0 Å². The van der Waals surface area contributed by atoms with Crippen LogP contribution in [0.2, 0.25) is 0 Å². The van der Waals surface area contributed by atoms with Gasteiger partial charge in [-0.2, -0.15) is 0 Å². The molecule has 2 amide bonds. The molecule has 1 saturated carbocycles. The normalized spacial score (nSPS) is 21.4. The van der Waals surface area contributed by atoms with E-state index in [9.17, 15) is 14.4 Å². The number of carbonyl (C=O) groups excluding carboxylic acids is 2. The highest BCUT2D eigenvalue weighted by Crippen LogP contribution is 2.26. The largest absolute Gasteiger partial charge is 0.481 e. The van der Waals surface area contributed by atoms with Gasteiger partial charge in [-0.1, -0.05) is 30.3 Å². The molecule has 1 aromatic carbocycles. The number of hydrogen-bond donors (Lipinski definition) is 3. The maximum Gasteiger partial charge on any atom is 0.306 e. The van der Waals surface area contributed by atoms with Crippen LogP contribution in [-0.4, -0.2) is 28.9 Å². The molecule has 0 heterocycles. The number of hydrogen-bond acceptors (Lipinski definition) is 3. The van der Waals surface area contributed by atoms with Crippen LogP contribution in [0.1, 0.15) is 44.2 Å². The average molecular weight is 318 g/mol. The van der Waals surface area contributed by atoms with Crippen LogP contribution in [-0.2, 0) is 14.4 Å². The molecule has 0 spiro atoms. The molecule has 1 aliphatic carbocycles. The van der Waals surface area contributed by atoms with Gasteiger partial charge in [0.05, 0.1) is 18.4 Å². The summed E-state index contributed by atoms with van der Waals surface area (Å²) in [6, 6.07) is 8.84. The summed E-state index contributed by atoms with van der Waals surface area (Å²) in [4.78, 5) is 34.6. The third-order valence-corrected chi connectivity index (χ3v) is 4.12. The van der Waals surface area contributed by atoms with E-state index < -0.39 is 5.97 Å². The Hall–Kier alpha value is -2.37. The van der Waals surface area contributed by atoms with E-state index in [1.165, 1.54) is 6.92 Å². The van der Waals surface area contributed by atoms with E-state index in [0.29, 0.717) is 19.3 Å². The number of aliphatic carboxylic acids is 1. The van der Waals surface area contributed by atoms with Gasteiger partial charge in [-0.05, 0) is 24.8 Å². The zero-order valence-electron chi connectivity index (χ0n) is 13.1. The smallest absolute Gasteiger partial charge is 0.306 e. The zero-order chi connectivity index (χ0) is 16.8. The first kappa shape index (κ1) is 17.0. The fourth-order valence-electron chi connectivity index (χ4n) is 2.99. The number of amides is 2.